The fourth-order valence-corrected chi connectivity index (χ4v) is 3.66. The molecule has 2 aromatic rings. The van der Waals surface area contributed by atoms with Crippen molar-refractivity contribution in [3.8, 4) is 0 Å². The highest BCUT2D eigenvalue weighted by atomic mass is 16.5. The van der Waals surface area contributed by atoms with Gasteiger partial charge in [-0.2, -0.15) is 0 Å². The molecular formula is C24H30N4O4. The topological polar surface area (TPSA) is 91.0 Å². The number of amides is 2. The highest BCUT2D eigenvalue weighted by molar-refractivity contribution is 6.02. The first kappa shape index (κ1) is 23.3. The van der Waals surface area contributed by atoms with Crippen molar-refractivity contribution in [2.24, 2.45) is 0 Å². The Hall–Kier alpha value is -3.39. The van der Waals surface area contributed by atoms with Gasteiger partial charge in [0.05, 0.1) is 11.3 Å². The van der Waals surface area contributed by atoms with Crippen molar-refractivity contribution in [2.75, 3.05) is 54.9 Å². The fourth-order valence-electron chi connectivity index (χ4n) is 3.66. The van der Waals surface area contributed by atoms with Crippen LogP contribution < -0.4 is 15.5 Å². The van der Waals surface area contributed by atoms with E-state index in [2.05, 4.69) is 27.4 Å². The molecule has 2 N–H and O–H groups in total. The zero-order chi connectivity index (χ0) is 23.1. The summed E-state index contributed by atoms with van der Waals surface area (Å²) in [5, 5.41) is 5.38. The van der Waals surface area contributed by atoms with Gasteiger partial charge in [-0.3, -0.25) is 9.59 Å². The molecule has 1 aliphatic rings. The van der Waals surface area contributed by atoms with Gasteiger partial charge in [-0.05, 0) is 49.4 Å². The van der Waals surface area contributed by atoms with E-state index in [0.29, 0.717) is 11.4 Å². The fraction of sp³-hybridized carbons (Fsp3) is 0.375. The highest BCUT2D eigenvalue weighted by Crippen LogP contribution is 2.22. The molecule has 0 aromatic heterocycles. The van der Waals surface area contributed by atoms with Crippen LogP contribution in [0.4, 0.5) is 17.1 Å². The molecule has 0 radical (unpaired) electrons. The van der Waals surface area contributed by atoms with Crippen LogP contribution in [0.25, 0.3) is 0 Å². The van der Waals surface area contributed by atoms with Crippen molar-refractivity contribution >= 4 is 34.8 Å². The average Bonchev–Trinajstić information content (AvgIpc) is 2.79. The standard InChI is InChI=1S/C24H30N4O4/c1-4-27-12-14-28(15-13-27)20-10-8-19(9-11-20)26-22(30)16-32-24(31)21-7-5-6-17(2)23(21)25-18(3)29/h5-11H,4,12-16H2,1-3H3,(H,25,29)(H,26,30). The summed E-state index contributed by atoms with van der Waals surface area (Å²) in [7, 11) is 0. The van der Waals surface area contributed by atoms with Crippen LogP contribution in [0.1, 0.15) is 29.8 Å². The molecule has 0 saturated carbocycles. The van der Waals surface area contributed by atoms with Gasteiger partial charge in [0.2, 0.25) is 5.91 Å². The van der Waals surface area contributed by atoms with Gasteiger partial charge in [-0.25, -0.2) is 4.79 Å². The normalized spacial score (nSPS) is 14.0. The second-order valence-corrected chi connectivity index (χ2v) is 7.77. The molecule has 1 heterocycles. The van der Waals surface area contributed by atoms with Crippen LogP contribution in [-0.4, -0.2) is 62.0 Å². The maximum Gasteiger partial charge on any atom is 0.340 e. The van der Waals surface area contributed by atoms with Gasteiger partial charge in [0, 0.05) is 44.5 Å². The Morgan fingerprint density at radius 1 is 0.969 bits per heavy atom. The maximum atomic E-state index is 12.5. The number of likely N-dealkylation sites (N-methyl/N-ethyl adjacent to an activating group) is 1. The van der Waals surface area contributed by atoms with Crippen molar-refractivity contribution in [1.82, 2.24) is 4.90 Å². The summed E-state index contributed by atoms with van der Waals surface area (Å²) in [6, 6.07) is 12.7. The van der Waals surface area contributed by atoms with Gasteiger partial charge < -0.3 is 25.2 Å². The molecule has 0 bridgehead atoms. The molecule has 32 heavy (non-hydrogen) atoms. The number of hydrogen-bond acceptors (Lipinski definition) is 6. The number of rotatable bonds is 7. The lowest BCUT2D eigenvalue weighted by Gasteiger charge is -2.35. The Morgan fingerprint density at radius 2 is 1.66 bits per heavy atom. The molecule has 2 aromatic carbocycles. The smallest absolute Gasteiger partial charge is 0.340 e. The Bertz CT molecular complexity index is 966. The molecule has 0 spiro atoms. The van der Waals surface area contributed by atoms with Gasteiger partial charge in [-0.15, -0.1) is 0 Å². The predicted molar refractivity (Wildman–Crippen MR) is 125 cm³/mol. The number of nitrogens with one attached hydrogen (secondary N) is 2. The predicted octanol–water partition coefficient (Wildman–Crippen LogP) is 2.89. The lowest BCUT2D eigenvalue weighted by Crippen LogP contribution is -2.46. The second-order valence-electron chi connectivity index (χ2n) is 7.77. The van der Waals surface area contributed by atoms with E-state index in [1.165, 1.54) is 6.92 Å². The summed E-state index contributed by atoms with van der Waals surface area (Å²) >= 11 is 0. The quantitative estimate of drug-likeness (QED) is 0.646. The van der Waals surface area contributed by atoms with E-state index >= 15 is 0 Å². The molecule has 1 saturated heterocycles. The van der Waals surface area contributed by atoms with E-state index in [4.69, 9.17) is 4.74 Å². The zero-order valence-corrected chi connectivity index (χ0v) is 18.8. The van der Waals surface area contributed by atoms with Crippen molar-refractivity contribution in [3.05, 3.63) is 53.6 Å². The Balaban J connectivity index is 1.53. The number of ether oxygens (including phenoxy) is 1. The molecule has 0 aliphatic carbocycles. The highest BCUT2D eigenvalue weighted by Gasteiger charge is 2.18. The minimum Gasteiger partial charge on any atom is -0.452 e. The van der Waals surface area contributed by atoms with Crippen LogP contribution in [0, 0.1) is 6.92 Å². The van der Waals surface area contributed by atoms with Gasteiger partial charge in [0.25, 0.3) is 5.91 Å². The van der Waals surface area contributed by atoms with Gasteiger partial charge in [0.1, 0.15) is 0 Å². The van der Waals surface area contributed by atoms with Gasteiger partial charge >= 0.3 is 5.97 Å². The van der Waals surface area contributed by atoms with Crippen LogP contribution in [-0.2, 0) is 14.3 Å². The molecular weight excluding hydrogens is 408 g/mol. The van der Waals surface area contributed by atoms with Crippen LogP contribution >= 0.6 is 0 Å². The van der Waals surface area contributed by atoms with Crippen molar-refractivity contribution in [3.63, 3.8) is 0 Å². The number of hydrogen-bond donors (Lipinski definition) is 2. The lowest BCUT2D eigenvalue weighted by molar-refractivity contribution is -0.119. The first-order chi connectivity index (χ1) is 15.4. The monoisotopic (exact) mass is 438 g/mol. The number of aryl methyl sites for hydroxylation is 1. The molecule has 1 fully saturated rings. The third-order valence-corrected chi connectivity index (χ3v) is 5.46. The molecule has 8 heteroatoms. The second kappa shape index (κ2) is 10.8. The van der Waals surface area contributed by atoms with Crippen LogP contribution in [0.15, 0.2) is 42.5 Å². The van der Waals surface area contributed by atoms with E-state index in [9.17, 15) is 14.4 Å². The number of nitrogens with zero attached hydrogens (tertiary/aromatic N) is 2. The van der Waals surface area contributed by atoms with E-state index in [1.54, 1.807) is 25.1 Å². The summed E-state index contributed by atoms with van der Waals surface area (Å²) < 4.78 is 5.16. The summed E-state index contributed by atoms with van der Waals surface area (Å²) in [6.45, 7) is 10.0. The van der Waals surface area contributed by atoms with Crippen LogP contribution in [0.2, 0.25) is 0 Å². The van der Waals surface area contributed by atoms with Crippen LogP contribution in [0.3, 0.4) is 0 Å². The molecule has 170 valence electrons. The van der Waals surface area contributed by atoms with Crippen LogP contribution in [0.5, 0.6) is 0 Å². The largest absolute Gasteiger partial charge is 0.452 e. The molecule has 2 amide bonds. The lowest BCUT2D eigenvalue weighted by atomic mass is 10.1. The van der Waals surface area contributed by atoms with E-state index in [-0.39, 0.29) is 11.5 Å². The first-order valence-electron chi connectivity index (χ1n) is 10.8. The van der Waals surface area contributed by atoms with Gasteiger partial charge in [0.15, 0.2) is 6.61 Å². The number of para-hydroxylation sites is 1. The van der Waals surface area contributed by atoms with E-state index in [0.717, 1.165) is 44.0 Å². The van der Waals surface area contributed by atoms with Crippen molar-refractivity contribution in [2.45, 2.75) is 20.8 Å². The van der Waals surface area contributed by atoms with Crippen molar-refractivity contribution < 1.29 is 19.1 Å². The van der Waals surface area contributed by atoms with E-state index < -0.39 is 18.5 Å². The van der Waals surface area contributed by atoms with E-state index in [1.807, 2.05) is 24.3 Å². The summed E-state index contributed by atoms with van der Waals surface area (Å²) in [5.74, 6) is -1.40. The summed E-state index contributed by atoms with van der Waals surface area (Å²) in [5.41, 5.74) is 3.09. The summed E-state index contributed by atoms with van der Waals surface area (Å²) in [4.78, 5) is 40.9. The van der Waals surface area contributed by atoms with Crippen molar-refractivity contribution in [1.29, 1.82) is 0 Å². The molecule has 3 rings (SSSR count). The first-order valence-corrected chi connectivity index (χ1v) is 10.8. The zero-order valence-electron chi connectivity index (χ0n) is 18.8. The average molecular weight is 439 g/mol. The van der Waals surface area contributed by atoms with Gasteiger partial charge in [-0.1, -0.05) is 19.1 Å². The third kappa shape index (κ3) is 6.07. The Kier molecular flexibility index (Phi) is 7.83. The third-order valence-electron chi connectivity index (χ3n) is 5.46. The number of carbonyl (C=O) groups is 3. The Labute approximate surface area is 188 Å². The molecule has 0 atom stereocenters. The maximum absolute atomic E-state index is 12.5. The number of esters is 1. The SMILES string of the molecule is CCN1CCN(c2ccc(NC(=O)COC(=O)c3cccc(C)c3NC(C)=O)cc2)CC1. The number of anilines is 3. The minimum atomic E-state index is -0.672. The molecule has 0 unspecified atom stereocenters. The molecule has 8 nitrogen and oxygen atoms in total. The Morgan fingerprint density at radius 3 is 2.28 bits per heavy atom. The molecule has 1 aliphatic heterocycles. The summed E-state index contributed by atoms with van der Waals surface area (Å²) in [6.07, 6.45) is 0. The minimum absolute atomic E-state index is 0.209. The number of piperazine rings is 1. The number of carbonyl (C=O) groups excluding carboxylic acids is 3. The number of benzene rings is 2.